The van der Waals surface area contributed by atoms with E-state index in [1.807, 2.05) is 51.1 Å². The van der Waals surface area contributed by atoms with Gasteiger partial charge in [-0.05, 0) is 44.5 Å². The Hall–Kier alpha value is -2.01. The van der Waals surface area contributed by atoms with Gasteiger partial charge in [-0.2, -0.15) is 4.40 Å². The number of nitrogens with zero attached hydrogens (tertiary/aromatic N) is 1. The van der Waals surface area contributed by atoms with Crippen LogP contribution in [0.25, 0.3) is 0 Å². The highest BCUT2D eigenvalue weighted by atomic mass is 32.2. The highest BCUT2D eigenvalue weighted by Gasteiger charge is 2.20. The van der Waals surface area contributed by atoms with Crippen LogP contribution < -0.4 is 4.74 Å². The molecule has 0 spiro atoms. The van der Waals surface area contributed by atoms with Crippen molar-refractivity contribution in [2.75, 3.05) is 7.11 Å². The third-order valence-electron chi connectivity index (χ3n) is 3.42. The summed E-state index contributed by atoms with van der Waals surface area (Å²) in [4.78, 5) is 0. The molecular formula is C19H22FNO2S. The maximum atomic E-state index is 13.7. The third kappa shape index (κ3) is 4.74. The van der Waals surface area contributed by atoms with Crippen LogP contribution >= 0.6 is 0 Å². The largest absolute Gasteiger partial charge is 0.494 e. The van der Waals surface area contributed by atoms with Gasteiger partial charge >= 0.3 is 0 Å². The third-order valence-corrected chi connectivity index (χ3v) is 4.85. The number of hydrogen-bond donors (Lipinski definition) is 0. The van der Waals surface area contributed by atoms with Gasteiger partial charge in [0.05, 0.1) is 17.6 Å². The minimum Gasteiger partial charge on any atom is -0.494 e. The quantitative estimate of drug-likeness (QED) is 0.755. The molecule has 5 heteroatoms. The maximum Gasteiger partial charge on any atom is 0.165 e. The van der Waals surface area contributed by atoms with Crippen LogP contribution in [-0.4, -0.2) is 21.8 Å². The smallest absolute Gasteiger partial charge is 0.165 e. The summed E-state index contributed by atoms with van der Waals surface area (Å²) in [5, 5.41) is 0. The van der Waals surface area contributed by atoms with E-state index in [4.69, 9.17) is 4.74 Å². The van der Waals surface area contributed by atoms with E-state index in [0.29, 0.717) is 17.7 Å². The normalized spacial score (nSPS) is 13.6. The number of halogens is 1. The van der Waals surface area contributed by atoms with Crippen molar-refractivity contribution < 1.29 is 13.3 Å². The molecule has 0 aliphatic carbocycles. The van der Waals surface area contributed by atoms with Crippen molar-refractivity contribution in [2.45, 2.75) is 31.9 Å². The second-order valence-corrected chi connectivity index (χ2v) is 8.32. The van der Waals surface area contributed by atoms with E-state index < -0.39 is 21.5 Å². The Morgan fingerprint density at radius 2 is 1.83 bits per heavy atom. The molecule has 2 aromatic rings. The van der Waals surface area contributed by atoms with Gasteiger partial charge in [-0.15, -0.1) is 0 Å². The fourth-order valence-electron chi connectivity index (χ4n) is 2.05. The van der Waals surface area contributed by atoms with Gasteiger partial charge in [-0.1, -0.05) is 30.3 Å². The maximum absolute atomic E-state index is 13.7. The molecule has 0 aliphatic rings. The van der Waals surface area contributed by atoms with Crippen molar-refractivity contribution in [2.24, 2.45) is 4.40 Å². The summed E-state index contributed by atoms with van der Waals surface area (Å²) in [6.07, 6.45) is 0.511. The fraction of sp³-hybridized carbons (Fsp3) is 0.316. The molecular weight excluding hydrogens is 325 g/mol. The lowest BCUT2D eigenvalue weighted by Gasteiger charge is -2.16. The highest BCUT2D eigenvalue weighted by molar-refractivity contribution is 7.85. The molecule has 0 amide bonds. The Balaban J connectivity index is 2.46. The average molecular weight is 347 g/mol. The number of methoxy groups -OCH3 is 1. The molecule has 0 heterocycles. The Morgan fingerprint density at radius 3 is 2.42 bits per heavy atom. The zero-order valence-electron chi connectivity index (χ0n) is 14.4. The van der Waals surface area contributed by atoms with E-state index in [1.54, 1.807) is 12.1 Å². The predicted octanol–water partition coefficient (Wildman–Crippen LogP) is 4.33. The highest BCUT2D eigenvalue weighted by Crippen LogP contribution is 2.22. The second kappa shape index (κ2) is 7.71. The number of hydrogen-bond acceptors (Lipinski definition) is 2. The molecule has 1 unspecified atom stereocenters. The van der Waals surface area contributed by atoms with Crippen molar-refractivity contribution >= 4 is 16.7 Å². The first-order valence-corrected chi connectivity index (χ1v) is 8.79. The lowest BCUT2D eigenvalue weighted by atomic mass is 10.0. The first kappa shape index (κ1) is 18.3. The fourth-order valence-corrected chi connectivity index (χ4v) is 2.70. The standard InChI is InChI=1S/C19H22FNO2S/c1-19(2,3)24(22)21-17(12-14-8-6-5-7-9-14)15-10-11-16(20)18(13-15)23-4/h5-11,13H,12H2,1-4H3. The molecule has 128 valence electrons. The monoisotopic (exact) mass is 347 g/mol. The van der Waals surface area contributed by atoms with Crippen LogP contribution in [0.5, 0.6) is 5.75 Å². The Labute approximate surface area is 145 Å². The Morgan fingerprint density at radius 1 is 1.17 bits per heavy atom. The van der Waals surface area contributed by atoms with E-state index in [2.05, 4.69) is 4.40 Å². The average Bonchev–Trinajstić information content (AvgIpc) is 2.54. The Kier molecular flexibility index (Phi) is 5.89. The van der Waals surface area contributed by atoms with Gasteiger partial charge in [0, 0.05) is 12.0 Å². The summed E-state index contributed by atoms with van der Waals surface area (Å²) < 4.78 is 35.2. The zero-order chi connectivity index (χ0) is 17.7. The minimum atomic E-state index is -1.40. The Bertz CT molecular complexity index is 752. The lowest BCUT2D eigenvalue weighted by molar-refractivity contribution is 0.386. The molecule has 0 bridgehead atoms. The SMILES string of the molecule is COc1cc(C(Cc2ccccc2)=NS(=O)C(C)(C)C)ccc1F. The van der Waals surface area contributed by atoms with Crippen LogP contribution in [-0.2, 0) is 17.4 Å². The van der Waals surface area contributed by atoms with Gasteiger partial charge < -0.3 is 4.74 Å². The van der Waals surface area contributed by atoms with Gasteiger partial charge in [0.15, 0.2) is 11.6 Å². The van der Waals surface area contributed by atoms with E-state index in [0.717, 1.165) is 5.56 Å². The lowest BCUT2D eigenvalue weighted by Crippen LogP contribution is -2.21. The van der Waals surface area contributed by atoms with Crippen molar-refractivity contribution in [3.05, 3.63) is 65.5 Å². The predicted molar refractivity (Wildman–Crippen MR) is 97.5 cm³/mol. The van der Waals surface area contributed by atoms with Gasteiger partial charge in [0.1, 0.15) is 11.0 Å². The number of rotatable bonds is 5. The molecule has 0 saturated carbocycles. The number of benzene rings is 2. The molecule has 3 nitrogen and oxygen atoms in total. The van der Waals surface area contributed by atoms with E-state index >= 15 is 0 Å². The molecule has 24 heavy (non-hydrogen) atoms. The molecule has 1 atom stereocenters. The summed E-state index contributed by atoms with van der Waals surface area (Å²) >= 11 is 0. The summed E-state index contributed by atoms with van der Waals surface area (Å²) in [6, 6.07) is 14.4. The molecule has 0 aliphatic heterocycles. The molecule has 0 aromatic heterocycles. The first-order valence-electron chi connectivity index (χ1n) is 7.68. The van der Waals surface area contributed by atoms with Gasteiger partial charge in [0.25, 0.3) is 0 Å². The summed E-state index contributed by atoms with van der Waals surface area (Å²) in [7, 11) is 0.0181. The zero-order valence-corrected chi connectivity index (χ0v) is 15.2. The van der Waals surface area contributed by atoms with Crippen molar-refractivity contribution in [1.29, 1.82) is 0 Å². The van der Waals surface area contributed by atoms with Crippen LogP contribution in [0, 0.1) is 5.82 Å². The molecule has 0 fully saturated rings. The topological polar surface area (TPSA) is 38.7 Å². The van der Waals surface area contributed by atoms with Crippen LogP contribution in [0.4, 0.5) is 4.39 Å². The number of ether oxygens (including phenoxy) is 1. The molecule has 0 radical (unpaired) electrons. The van der Waals surface area contributed by atoms with Crippen LogP contribution in [0.1, 0.15) is 31.9 Å². The van der Waals surface area contributed by atoms with E-state index in [-0.39, 0.29) is 5.75 Å². The van der Waals surface area contributed by atoms with Crippen molar-refractivity contribution in [3.63, 3.8) is 0 Å². The van der Waals surface area contributed by atoms with Crippen LogP contribution in [0.3, 0.4) is 0 Å². The van der Waals surface area contributed by atoms with Gasteiger partial charge in [-0.3, -0.25) is 0 Å². The molecule has 2 rings (SSSR count). The molecule has 0 N–H and O–H groups in total. The van der Waals surface area contributed by atoms with Crippen molar-refractivity contribution in [1.82, 2.24) is 0 Å². The molecule has 0 saturated heterocycles. The first-order chi connectivity index (χ1) is 11.3. The van der Waals surface area contributed by atoms with Crippen LogP contribution in [0.15, 0.2) is 52.9 Å². The van der Waals surface area contributed by atoms with Crippen LogP contribution in [0.2, 0.25) is 0 Å². The summed E-state index contributed by atoms with van der Waals surface area (Å²) in [5.74, 6) is -0.285. The van der Waals surface area contributed by atoms with Gasteiger partial charge in [0.2, 0.25) is 0 Å². The second-order valence-electron chi connectivity index (χ2n) is 6.41. The van der Waals surface area contributed by atoms with Gasteiger partial charge in [-0.25, -0.2) is 8.60 Å². The summed E-state index contributed by atoms with van der Waals surface area (Å²) in [6.45, 7) is 5.62. The van der Waals surface area contributed by atoms with E-state index in [1.165, 1.54) is 13.2 Å². The summed E-state index contributed by atoms with van der Waals surface area (Å²) in [5.41, 5.74) is 2.40. The van der Waals surface area contributed by atoms with Crippen molar-refractivity contribution in [3.8, 4) is 5.75 Å². The molecule has 2 aromatic carbocycles. The minimum absolute atomic E-state index is 0.148. The van der Waals surface area contributed by atoms with E-state index in [9.17, 15) is 8.60 Å².